The summed E-state index contributed by atoms with van der Waals surface area (Å²) < 4.78 is 17.2. The standard InChI is InChI=1S/C19H13FN2O2/c20-11-8-9-15-13(10-11)18-16(6-3-7-17(18)23)21-14-5-2-1-4-12(14)19(24)22(15)21/h1-2,4-5,8-10H,3,6-7H2. The third-order valence-electron chi connectivity index (χ3n) is 4.85. The zero-order chi connectivity index (χ0) is 16.4. The van der Waals surface area contributed by atoms with Crippen LogP contribution in [0.15, 0.2) is 47.3 Å². The van der Waals surface area contributed by atoms with Crippen molar-refractivity contribution in [2.24, 2.45) is 0 Å². The van der Waals surface area contributed by atoms with Crippen LogP contribution in [-0.2, 0) is 6.42 Å². The molecule has 0 amide bonds. The first-order valence-corrected chi connectivity index (χ1v) is 7.96. The van der Waals surface area contributed by atoms with Gasteiger partial charge in [-0.25, -0.2) is 13.4 Å². The molecule has 0 atom stereocenters. The maximum Gasteiger partial charge on any atom is 0.279 e. The van der Waals surface area contributed by atoms with Crippen LogP contribution in [0.5, 0.6) is 0 Å². The molecule has 5 rings (SSSR count). The number of carbonyl (C=O) groups is 1. The second-order valence-electron chi connectivity index (χ2n) is 6.21. The molecule has 0 N–H and O–H groups in total. The van der Waals surface area contributed by atoms with Crippen LogP contribution in [0.25, 0.3) is 21.8 Å². The maximum atomic E-state index is 13.8. The lowest BCUT2D eigenvalue weighted by atomic mass is 9.92. The number of hydrogen-bond donors (Lipinski definition) is 0. The molecule has 118 valence electrons. The Balaban J connectivity index is 2.19. The third kappa shape index (κ3) is 1.56. The minimum atomic E-state index is -0.406. The lowest BCUT2D eigenvalue weighted by Crippen LogP contribution is -2.22. The quantitative estimate of drug-likeness (QED) is 0.498. The number of aromatic nitrogens is 2. The molecule has 0 saturated carbocycles. The van der Waals surface area contributed by atoms with Gasteiger partial charge in [0, 0.05) is 17.4 Å². The zero-order valence-corrected chi connectivity index (χ0v) is 12.8. The molecule has 5 heteroatoms. The summed E-state index contributed by atoms with van der Waals surface area (Å²) in [6, 6.07) is 11.6. The fourth-order valence-corrected chi connectivity index (χ4v) is 3.87. The van der Waals surface area contributed by atoms with E-state index < -0.39 is 5.82 Å². The number of halogens is 1. The number of fused-ring (bicyclic) bond motifs is 8. The van der Waals surface area contributed by atoms with Crippen LogP contribution < -0.4 is 5.56 Å². The first-order chi connectivity index (χ1) is 11.7. The second-order valence-corrected chi connectivity index (χ2v) is 6.21. The van der Waals surface area contributed by atoms with Crippen LogP contribution in [-0.4, -0.2) is 14.8 Å². The molecule has 0 spiro atoms. The van der Waals surface area contributed by atoms with Gasteiger partial charge in [0.15, 0.2) is 5.78 Å². The molecule has 0 aliphatic heterocycles. The van der Waals surface area contributed by atoms with E-state index in [0.717, 1.165) is 17.6 Å². The number of para-hydroxylation sites is 1. The minimum absolute atomic E-state index is 0.0135. The van der Waals surface area contributed by atoms with E-state index in [-0.39, 0.29) is 11.3 Å². The third-order valence-corrected chi connectivity index (χ3v) is 4.85. The van der Waals surface area contributed by atoms with Crippen LogP contribution >= 0.6 is 0 Å². The molecule has 4 nitrogen and oxygen atoms in total. The summed E-state index contributed by atoms with van der Waals surface area (Å²) in [5, 5.41) is 1.12. The Morgan fingerprint density at radius 2 is 1.67 bits per heavy atom. The second kappa shape index (κ2) is 4.54. The normalized spacial score (nSPS) is 14.6. The number of ketones is 1. The van der Waals surface area contributed by atoms with Crippen molar-refractivity contribution in [3.63, 3.8) is 0 Å². The molecule has 24 heavy (non-hydrogen) atoms. The Bertz CT molecular complexity index is 1230. The minimum Gasteiger partial charge on any atom is -0.294 e. The molecule has 0 unspecified atom stereocenters. The number of aryl methyl sites for hydroxylation is 1. The van der Waals surface area contributed by atoms with Crippen molar-refractivity contribution < 1.29 is 9.18 Å². The molecular weight excluding hydrogens is 307 g/mol. The summed E-state index contributed by atoms with van der Waals surface area (Å²) in [4.78, 5) is 25.5. The van der Waals surface area contributed by atoms with Gasteiger partial charge in [-0.1, -0.05) is 12.1 Å². The highest BCUT2D eigenvalue weighted by molar-refractivity contribution is 6.09. The van der Waals surface area contributed by atoms with Gasteiger partial charge in [-0.05, 0) is 43.2 Å². The maximum absolute atomic E-state index is 13.8. The van der Waals surface area contributed by atoms with Crippen LogP contribution in [0.1, 0.15) is 28.9 Å². The van der Waals surface area contributed by atoms with E-state index in [4.69, 9.17) is 0 Å². The van der Waals surface area contributed by atoms with E-state index in [9.17, 15) is 14.0 Å². The number of Topliss-reactive ketones (excluding diaryl/α,β-unsaturated/α-hetero) is 1. The largest absolute Gasteiger partial charge is 0.294 e. The predicted octanol–water partition coefficient (Wildman–Crippen LogP) is 3.36. The molecule has 2 aromatic carbocycles. The summed E-state index contributed by atoms with van der Waals surface area (Å²) in [7, 11) is 0. The Hall–Kier alpha value is -2.95. The fraction of sp³-hybridized carbons (Fsp3) is 0.158. The van der Waals surface area contributed by atoms with Gasteiger partial charge in [0.05, 0.1) is 22.1 Å². The van der Waals surface area contributed by atoms with Gasteiger partial charge in [-0.3, -0.25) is 9.59 Å². The molecule has 0 radical (unpaired) electrons. The van der Waals surface area contributed by atoms with Crippen molar-refractivity contribution in [1.82, 2.24) is 9.03 Å². The number of nitrogens with zero attached hydrogens (tertiary/aromatic N) is 2. The molecule has 2 aromatic heterocycles. The Kier molecular flexibility index (Phi) is 2.55. The SMILES string of the molecule is O=C1CCCc2c1c1cc(F)ccc1n1c(=O)c3ccccc3n21. The van der Waals surface area contributed by atoms with E-state index in [2.05, 4.69) is 0 Å². The van der Waals surface area contributed by atoms with Crippen LogP contribution in [0.3, 0.4) is 0 Å². The van der Waals surface area contributed by atoms with Gasteiger partial charge in [-0.2, -0.15) is 0 Å². The summed E-state index contributed by atoms with van der Waals surface area (Å²) in [6.45, 7) is 0. The van der Waals surface area contributed by atoms with E-state index >= 15 is 0 Å². The molecule has 1 aliphatic rings. The van der Waals surface area contributed by atoms with Gasteiger partial charge in [0.25, 0.3) is 5.56 Å². The highest BCUT2D eigenvalue weighted by atomic mass is 19.1. The average Bonchev–Trinajstić information content (AvgIpc) is 2.89. The monoisotopic (exact) mass is 320 g/mol. The summed E-state index contributed by atoms with van der Waals surface area (Å²) in [5.41, 5.74) is 2.54. The van der Waals surface area contributed by atoms with E-state index in [0.29, 0.717) is 34.7 Å². The van der Waals surface area contributed by atoms with Gasteiger partial charge in [0.2, 0.25) is 0 Å². The van der Waals surface area contributed by atoms with E-state index in [1.807, 2.05) is 22.7 Å². The van der Waals surface area contributed by atoms with Crippen molar-refractivity contribution in [3.05, 3.63) is 69.9 Å². The van der Waals surface area contributed by atoms with Gasteiger partial charge in [-0.15, -0.1) is 0 Å². The molecule has 4 aromatic rings. The Morgan fingerprint density at radius 1 is 0.875 bits per heavy atom. The summed E-state index contributed by atoms with van der Waals surface area (Å²) >= 11 is 0. The number of rotatable bonds is 0. The van der Waals surface area contributed by atoms with E-state index in [1.165, 1.54) is 12.1 Å². The molecule has 1 aliphatic carbocycles. The number of hydrogen-bond acceptors (Lipinski definition) is 2. The number of benzene rings is 2. The van der Waals surface area contributed by atoms with Crippen molar-refractivity contribution in [2.75, 3.05) is 0 Å². The molecule has 0 fully saturated rings. The van der Waals surface area contributed by atoms with Gasteiger partial charge < -0.3 is 0 Å². The highest BCUT2D eigenvalue weighted by Crippen LogP contribution is 2.30. The fourth-order valence-electron chi connectivity index (χ4n) is 3.87. The zero-order valence-electron chi connectivity index (χ0n) is 12.8. The van der Waals surface area contributed by atoms with Crippen molar-refractivity contribution in [2.45, 2.75) is 19.3 Å². The molecule has 0 bridgehead atoms. The smallest absolute Gasteiger partial charge is 0.279 e. The highest BCUT2D eigenvalue weighted by Gasteiger charge is 2.26. The summed E-state index contributed by atoms with van der Waals surface area (Å²) in [6.07, 6.45) is 1.89. The van der Waals surface area contributed by atoms with Gasteiger partial charge in [0.1, 0.15) is 5.82 Å². The van der Waals surface area contributed by atoms with Crippen molar-refractivity contribution >= 4 is 27.6 Å². The van der Waals surface area contributed by atoms with Crippen LogP contribution in [0, 0.1) is 5.82 Å². The lowest BCUT2D eigenvalue weighted by Gasteiger charge is -2.20. The van der Waals surface area contributed by atoms with Crippen LogP contribution in [0.4, 0.5) is 4.39 Å². The summed E-state index contributed by atoms with van der Waals surface area (Å²) in [5.74, 6) is -0.392. The van der Waals surface area contributed by atoms with Crippen molar-refractivity contribution in [3.8, 4) is 0 Å². The lowest BCUT2D eigenvalue weighted by molar-refractivity contribution is 0.0972. The Labute approximate surface area is 135 Å². The first-order valence-electron chi connectivity index (χ1n) is 7.96. The van der Waals surface area contributed by atoms with E-state index in [1.54, 1.807) is 16.6 Å². The average molecular weight is 320 g/mol. The molecule has 0 saturated heterocycles. The van der Waals surface area contributed by atoms with Gasteiger partial charge >= 0.3 is 0 Å². The predicted molar refractivity (Wildman–Crippen MR) is 89.4 cm³/mol. The van der Waals surface area contributed by atoms with Crippen LogP contribution in [0.2, 0.25) is 0 Å². The Morgan fingerprint density at radius 3 is 2.54 bits per heavy atom. The topological polar surface area (TPSA) is 43.0 Å². The molecular formula is C19H13FN2O2. The first kappa shape index (κ1) is 13.5. The number of carbonyl (C=O) groups excluding carboxylic acids is 1. The van der Waals surface area contributed by atoms with Crippen molar-refractivity contribution in [1.29, 1.82) is 0 Å². The molecule has 2 heterocycles.